The van der Waals surface area contributed by atoms with Crippen LogP contribution < -0.4 is 5.32 Å². The number of nitrogens with zero attached hydrogens (tertiary/aromatic N) is 2. The van der Waals surface area contributed by atoms with E-state index >= 15 is 0 Å². The summed E-state index contributed by atoms with van der Waals surface area (Å²) in [5, 5.41) is 9.30. The van der Waals surface area contributed by atoms with Crippen molar-refractivity contribution in [2.24, 2.45) is 5.92 Å². The monoisotopic (exact) mass is 359 g/mol. The minimum atomic E-state index is 0.877. The van der Waals surface area contributed by atoms with Gasteiger partial charge in [-0.25, -0.2) is 4.52 Å². The third kappa shape index (κ3) is 2.27. The van der Waals surface area contributed by atoms with E-state index in [0.29, 0.717) is 0 Å². The molecule has 0 amide bonds. The maximum Gasteiger partial charge on any atom is 0.142 e. The summed E-state index contributed by atoms with van der Waals surface area (Å²) in [6.45, 7) is 1.08. The van der Waals surface area contributed by atoms with Crippen LogP contribution in [0.4, 0.5) is 5.69 Å². The topological polar surface area (TPSA) is 29.3 Å². The first kappa shape index (κ1) is 11.6. The first-order chi connectivity index (χ1) is 8.29. The number of anilines is 1. The maximum atomic E-state index is 4.64. The zero-order valence-corrected chi connectivity index (χ0v) is 12.6. The normalized spacial score (nSPS) is 15.4. The molecule has 1 fully saturated rings. The average molecular weight is 359 g/mol. The SMILES string of the molecule is CSc1nn2c(I)cccc2c1NCC1CC1. The van der Waals surface area contributed by atoms with Gasteiger partial charge in [-0.2, -0.15) is 5.10 Å². The van der Waals surface area contributed by atoms with Gasteiger partial charge in [0, 0.05) is 6.54 Å². The van der Waals surface area contributed by atoms with Gasteiger partial charge >= 0.3 is 0 Å². The molecule has 3 nitrogen and oxygen atoms in total. The van der Waals surface area contributed by atoms with E-state index < -0.39 is 0 Å². The highest BCUT2D eigenvalue weighted by atomic mass is 127. The molecule has 2 heterocycles. The molecule has 0 atom stereocenters. The van der Waals surface area contributed by atoms with E-state index in [-0.39, 0.29) is 0 Å². The Morgan fingerprint density at radius 1 is 1.53 bits per heavy atom. The molecule has 1 N–H and O–H groups in total. The van der Waals surface area contributed by atoms with Gasteiger partial charge in [-0.3, -0.25) is 0 Å². The summed E-state index contributed by atoms with van der Waals surface area (Å²) in [7, 11) is 0. The number of pyridine rings is 1. The van der Waals surface area contributed by atoms with Gasteiger partial charge in [0.25, 0.3) is 0 Å². The fourth-order valence-electron chi connectivity index (χ4n) is 1.89. The second-order valence-corrected chi connectivity index (χ2v) is 6.25. The fourth-order valence-corrected chi connectivity index (χ4v) is 3.01. The number of aromatic nitrogens is 2. The van der Waals surface area contributed by atoms with Crippen molar-refractivity contribution in [1.82, 2.24) is 9.61 Å². The van der Waals surface area contributed by atoms with Gasteiger partial charge in [0.2, 0.25) is 0 Å². The van der Waals surface area contributed by atoms with Gasteiger partial charge in [0.05, 0.1) is 11.2 Å². The average Bonchev–Trinajstić information content (AvgIpc) is 3.08. The molecule has 5 heteroatoms. The minimum Gasteiger partial charge on any atom is -0.381 e. The van der Waals surface area contributed by atoms with E-state index in [0.717, 1.165) is 21.2 Å². The summed E-state index contributed by atoms with van der Waals surface area (Å²) in [6.07, 6.45) is 4.83. The number of halogens is 1. The quantitative estimate of drug-likeness (QED) is 0.515. The highest BCUT2D eigenvalue weighted by Crippen LogP contribution is 2.33. The number of hydrogen-bond donors (Lipinski definition) is 1. The van der Waals surface area contributed by atoms with Crippen LogP contribution in [0.25, 0.3) is 5.52 Å². The molecule has 0 saturated heterocycles. The van der Waals surface area contributed by atoms with Crippen LogP contribution in [0.2, 0.25) is 0 Å². The Kier molecular flexibility index (Phi) is 3.21. The predicted octanol–water partition coefficient (Wildman–Crippen LogP) is 3.48. The number of nitrogens with one attached hydrogen (secondary N) is 1. The summed E-state index contributed by atoms with van der Waals surface area (Å²) >= 11 is 4.03. The van der Waals surface area contributed by atoms with E-state index in [2.05, 4.69) is 57.5 Å². The molecule has 17 heavy (non-hydrogen) atoms. The Hall–Kier alpha value is -0.430. The Morgan fingerprint density at radius 2 is 2.35 bits per heavy atom. The lowest BCUT2D eigenvalue weighted by Gasteiger charge is -2.04. The Morgan fingerprint density at radius 3 is 3.06 bits per heavy atom. The highest BCUT2D eigenvalue weighted by Gasteiger charge is 2.22. The summed E-state index contributed by atoms with van der Waals surface area (Å²) in [5.74, 6) is 0.877. The summed E-state index contributed by atoms with van der Waals surface area (Å²) in [6, 6.07) is 6.30. The molecule has 0 spiro atoms. The van der Waals surface area contributed by atoms with E-state index in [1.807, 2.05) is 4.52 Å². The molecule has 1 saturated carbocycles. The lowest BCUT2D eigenvalue weighted by molar-refractivity contribution is 0.871. The first-order valence-corrected chi connectivity index (χ1v) is 8.05. The smallest absolute Gasteiger partial charge is 0.142 e. The van der Waals surface area contributed by atoms with E-state index in [1.165, 1.54) is 24.0 Å². The number of hydrogen-bond acceptors (Lipinski definition) is 3. The van der Waals surface area contributed by atoms with Gasteiger partial charge in [-0.15, -0.1) is 11.8 Å². The van der Waals surface area contributed by atoms with Crippen LogP contribution in [0.3, 0.4) is 0 Å². The van der Waals surface area contributed by atoms with Crippen LogP contribution in [0, 0.1) is 9.62 Å². The molecule has 0 radical (unpaired) electrons. The molecule has 2 aromatic heterocycles. The second kappa shape index (κ2) is 4.68. The van der Waals surface area contributed by atoms with Crippen molar-refractivity contribution in [2.45, 2.75) is 17.9 Å². The molecule has 1 aliphatic rings. The number of rotatable bonds is 4. The van der Waals surface area contributed by atoms with Crippen molar-refractivity contribution in [3.8, 4) is 0 Å². The third-order valence-electron chi connectivity index (χ3n) is 3.04. The summed E-state index contributed by atoms with van der Waals surface area (Å²) in [4.78, 5) is 0. The van der Waals surface area contributed by atoms with Gasteiger partial charge in [-0.05, 0) is 59.7 Å². The van der Waals surface area contributed by atoms with Crippen molar-refractivity contribution >= 4 is 45.6 Å². The van der Waals surface area contributed by atoms with E-state index in [1.54, 1.807) is 11.8 Å². The molecule has 3 rings (SSSR count). The second-order valence-electron chi connectivity index (χ2n) is 4.35. The standard InChI is InChI=1S/C12H14IN3S/c1-17-12-11(14-7-8-5-6-8)9-3-2-4-10(13)16(9)15-12/h2-4,8,14H,5-7H2,1H3. The highest BCUT2D eigenvalue weighted by molar-refractivity contribution is 14.1. The van der Waals surface area contributed by atoms with E-state index in [4.69, 9.17) is 0 Å². The molecule has 0 bridgehead atoms. The molecular weight excluding hydrogens is 345 g/mol. The van der Waals surface area contributed by atoms with Crippen molar-refractivity contribution in [3.05, 3.63) is 21.9 Å². The number of fused-ring (bicyclic) bond motifs is 1. The minimum absolute atomic E-state index is 0.877. The maximum absolute atomic E-state index is 4.64. The van der Waals surface area contributed by atoms with Crippen LogP contribution >= 0.6 is 34.4 Å². The largest absolute Gasteiger partial charge is 0.381 e. The zero-order chi connectivity index (χ0) is 11.8. The van der Waals surface area contributed by atoms with Crippen molar-refractivity contribution in [3.63, 3.8) is 0 Å². The molecular formula is C12H14IN3S. The van der Waals surface area contributed by atoms with Gasteiger partial charge in [0.1, 0.15) is 8.73 Å². The van der Waals surface area contributed by atoms with Crippen LogP contribution in [-0.4, -0.2) is 22.4 Å². The van der Waals surface area contributed by atoms with Gasteiger partial charge in [0.15, 0.2) is 0 Å². The zero-order valence-electron chi connectivity index (χ0n) is 9.61. The van der Waals surface area contributed by atoms with E-state index in [9.17, 15) is 0 Å². The Bertz CT molecular complexity index is 548. The lowest BCUT2D eigenvalue weighted by atomic mass is 10.3. The van der Waals surface area contributed by atoms with Crippen LogP contribution in [0.1, 0.15) is 12.8 Å². The van der Waals surface area contributed by atoms with Crippen molar-refractivity contribution in [2.75, 3.05) is 18.1 Å². The van der Waals surface area contributed by atoms with Crippen LogP contribution in [0.5, 0.6) is 0 Å². The Labute approximate surface area is 118 Å². The van der Waals surface area contributed by atoms with Crippen LogP contribution in [0.15, 0.2) is 23.2 Å². The first-order valence-electron chi connectivity index (χ1n) is 5.74. The summed E-state index contributed by atoms with van der Waals surface area (Å²) < 4.78 is 3.16. The molecule has 0 aliphatic heterocycles. The summed E-state index contributed by atoms with van der Waals surface area (Å²) in [5.41, 5.74) is 2.38. The van der Waals surface area contributed by atoms with Crippen molar-refractivity contribution in [1.29, 1.82) is 0 Å². The molecule has 2 aromatic rings. The third-order valence-corrected chi connectivity index (χ3v) is 4.53. The molecule has 90 valence electrons. The molecule has 0 aromatic carbocycles. The van der Waals surface area contributed by atoms with Gasteiger partial charge in [-0.1, -0.05) is 6.07 Å². The van der Waals surface area contributed by atoms with Crippen LogP contribution in [-0.2, 0) is 0 Å². The number of thioether (sulfide) groups is 1. The fraction of sp³-hybridized carbons (Fsp3) is 0.417. The predicted molar refractivity (Wildman–Crippen MR) is 80.9 cm³/mol. The van der Waals surface area contributed by atoms with Gasteiger partial charge < -0.3 is 5.32 Å². The molecule has 0 unspecified atom stereocenters. The van der Waals surface area contributed by atoms with Crippen molar-refractivity contribution < 1.29 is 0 Å². The lowest BCUT2D eigenvalue weighted by Crippen LogP contribution is -2.03. The molecule has 1 aliphatic carbocycles. The Balaban J connectivity index is 2.02.